The largest absolute Gasteiger partial charge is 0.340 e. The lowest BCUT2D eigenvalue weighted by molar-refractivity contribution is 0.0704. The number of aromatic nitrogens is 1. The molecule has 1 saturated heterocycles. The molecule has 0 aliphatic carbocycles. The van der Waals surface area contributed by atoms with Crippen molar-refractivity contribution >= 4 is 16.8 Å². The predicted octanol–water partition coefficient (Wildman–Crippen LogP) is 4.34. The number of piperidine rings is 1. The Kier molecular flexibility index (Phi) is 4.04. The number of carbonyl (C=O) groups excluding carboxylic acids is 1. The molecule has 1 amide bonds. The second-order valence-corrected chi connectivity index (χ2v) is 6.77. The minimum atomic E-state index is -0.277. The summed E-state index contributed by atoms with van der Waals surface area (Å²) in [4.78, 5) is 14.9. The summed E-state index contributed by atoms with van der Waals surface area (Å²) in [6, 6.07) is 16.9. The monoisotopic (exact) mass is 336 g/mol. The Morgan fingerprint density at radius 2 is 1.76 bits per heavy atom. The predicted molar refractivity (Wildman–Crippen MR) is 97.2 cm³/mol. The Morgan fingerprint density at radius 1 is 1.04 bits per heavy atom. The van der Waals surface area contributed by atoms with Crippen molar-refractivity contribution in [3.8, 4) is 0 Å². The van der Waals surface area contributed by atoms with Crippen LogP contribution in [0.1, 0.15) is 34.8 Å². The number of likely N-dealkylation sites (tertiary alicyclic amines) is 1. The Morgan fingerprint density at radius 3 is 2.48 bits per heavy atom. The molecule has 0 bridgehead atoms. The topological polar surface area (TPSA) is 25.2 Å². The third-order valence-electron chi connectivity index (χ3n) is 5.28. The zero-order chi connectivity index (χ0) is 17.4. The fourth-order valence-corrected chi connectivity index (χ4v) is 3.83. The zero-order valence-corrected chi connectivity index (χ0v) is 14.3. The third-order valence-corrected chi connectivity index (χ3v) is 5.28. The Labute approximate surface area is 146 Å². The van der Waals surface area contributed by atoms with Crippen LogP contribution in [0.2, 0.25) is 0 Å². The van der Waals surface area contributed by atoms with Crippen molar-refractivity contribution in [3.63, 3.8) is 0 Å². The zero-order valence-electron chi connectivity index (χ0n) is 14.3. The number of nitrogens with zero attached hydrogens (tertiary/aromatic N) is 2. The molecule has 0 N–H and O–H groups in total. The van der Waals surface area contributed by atoms with Gasteiger partial charge in [-0.05, 0) is 48.6 Å². The molecule has 1 fully saturated rings. The molecule has 3 aromatic rings. The number of aryl methyl sites for hydroxylation is 1. The molecular weight excluding hydrogens is 315 g/mol. The summed E-state index contributed by atoms with van der Waals surface area (Å²) in [7, 11) is 1.87. The van der Waals surface area contributed by atoms with Crippen molar-refractivity contribution < 1.29 is 9.18 Å². The Hall–Kier alpha value is -2.62. The van der Waals surface area contributed by atoms with Crippen LogP contribution < -0.4 is 0 Å². The maximum absolute atomic E-state index is 13.4. The number of carbonyl (C=O) groups is 1. The minimum absolute atomic E-state index is 0.0330. The van der Waals surface area contributed by atoms with E-state index in [1.807, 2.05) is 22.6 Å². The molecule has 2 aromatic carbocycles. The van der Waals surface area contributed by atoms with E-state index >= 15 is 0 Å². The average Bonchev–Trinajstić information content (AvgIpc) is 2.98. The molecule has 1 aliphatic heterocycles. The third kappa shape index (κ3) is 2.93. The SMILES string of the molecule is Cn1c(C(=O)N2CCC(c3ccccc3)CC2)cc2cc(F)ccc21. The second-order valence-electron chi connectivity index (χ2n) is 6.77. The number of benzene rings is 2. The Balaban J connectivity index is 1.52. The second kappa shape index (κ2) is 6.36. The van der Waals surface area contributed by atoms with Crippen LogP contribution in [0.5, 0.6) is 0 Å². The molecule has 0 saturated carbocycles. The van der Waals surface area contributed by atoms with E-state index in [1.165, 1.54) is 17.7 Å². The normalized spacial score (nSPS) is 15.7. The van der Waals surface area contributed by atoms with Crippen LogP contribution in [0.4, 0.5) is 4.39 Å². The van der Waals surface area contributed by atoms with E-state index in [2.05, 4.69) is 24.3 Å². The summed E-state index contributed by atoms with van der Waals surface area (Å²) in [6.07, 6.45) is 1.96. The maximum Gasteiger partial charge on any atom is 0.270 e. The summed E-state index contributed by atoms with van der Waals surface area (Å²) < 4.78 is 15.3. The lowest BCUT2D eigenvalue weighted by Gasteiger charge is -2.32. The fourth-order valence-electron chi connectivity index (χ4n) is 3.83. The van der Waals surface area contributed by atoms with Crippen LogP contribution in [-0.2, 0) is 7.05 Å². The fraction of sp³-hybridized carbons (Fsp3) is 0.286. The number of amides is 1. The number of fused-ring (bicyclic) bond motifs is 1. The molecule has 1 aliphatic rings. The van der Waals surface area contributed by atoms with E-state index in [1.54, 1.807) is 12.1 Å². The van der Waals surface area contributed by atoms with Gasteiger partial charge in [-0.3, -0.25) is 4.79 Å². The lowest BCUT2D eigenvalue weighted by Crippen LogP contribution is -2.38. The summed E-state index contributed by atoms with van der Waals surface area (Å²) >= 11 is 0. The van der Waals surface area contributed by atoms with Crippen LogP contribution in [0.15, 0.2) is 54.6 Å². The molecule has 0 unspecified atom stereocenters. The van der Waals surface area contributed by atoms with Gasteiger partial charge in [-0.1, -0.05) is 30.3 Å². The van der Waals surface area contributed by atoms with Crippen molar-refractivity contribution in [2.24, 2.45) is 7.05 Å². The molecule has 4 rings (SSSR count). The van der Waals surface area contributed by atoms with Crippen molar-refractivity contribution in [1.29, 1.82) is 0 Å². The van der Waals surface area contributed by atoms with Gasteiger partial charge in [0.2, 0.25) is 0 Å². The van der Waals surface area contributed by atoms with Crippen LogP contribution in [0, 0.1) is 5.82 Å². The molecule has 25 heavy (non-hydrogen) atoms. The van der Waals surface area contributed by atoms with Gasteiger partial charge in [0.25, 0.3) is 5.91 Å². The van der Waals surface area contributed by atoms with Gasteiger partial charge in [-0.2, -0.15) is 0 Å². The van der Waals surface area contributed by atoms with E-state index in [-0.39, 0.29) is 11.7 Å². The summed E-state index contributed by atoms with van der Waals surface area (Å²) in [6.45, 7) is 1.52. The highest BCUT2D eigenvalue weighted by molar-refractivity contribution is 5.98. The van der Waals surface area contributed by atoms with Gasteiger partial charge in [0.05, 0.1) is 0 Å². The van der Waals surface area contributed by atoms with Crippen molar-refractivity contribution in [2.45, 2.75) is 18.8 Å². The van der Waals surface area contributed by atoms with Crippen LogP contribution in [0.25, 0.3) is 10.9 Å². The molecule has 2 heterocycles. The number of halogens is 1. The molecular formula is C21H21FN2O. The first-order valence-electron chi connectivity index (χ1n) is 8.72. The summed E-state index contributed by atoms with van der Waals surface area (Å²) in [5.41, 5.74) is 2.86. The first kappa shape index (κ1) is 15.9. The number of hydrogen-bond donors (Lipinski definition) is 0. The quantitative estimate of drug-likeness (QED) is 0.683. The number of rotatable bonds is 2. The van der Waals surface area contributed by atoms with E-state index in [0.717, 1.165) is 36.8 Å². The molecule has 0 radical (unpaired) electrons. The van der Waals surface area contributed by atoms with Gasteiger partial charge >= 0.3 is 0 Å². The number of hydrogen-bond acceptors (Lipinski definition) is 1. The highest BCUT2D eigenvalue weighted by Gasteiger charge is 2.26. The highest BCUT2D eigenvalue weighted by atomic mass is 19.1. The van der Waals surface area contributed by atoms with E-state index < -0.39 is 0 Å². The van der Waals surface area contributed by atoms with Crippen LogP contribution >= 0.6 is 0 Å². The molecule has 0 spiro atoms. The van der Waals surface area contributed by atoms with Gasteiger partial charge < -0.3 is 9.47 Å². The minimum Gasteiger partial charge on any atom is -0.340 e. The molecule has 4 heteroatoms. The lowest BCUT2D eigenvalue weighted by atomic mass is 9.89. The van der Waals surface area contributed by atoms with E-state index in [9.17, 15) is 9.18 Å². The van der Waals surface area contributed by atoms with Gasteiger partial charge in [0.1, 0.15) is 11.5 Å². The first-order valence-corrected chi connectivity index (χ1v) is 8.72. The Bertz CT molecular complexity index is 908. The maximum atomic E-state index is 13.4. The average molecular weight is 336 g/mol. The summed E-state index contributed by atoms with van der Waals surface area (Å²) in [5.74, 6) is 0.276. The van der Waals surface area contributed by atoms with E-state index in [4.69, 9.17) is 0 Å². The highest BCUT2D eigenvalue weighted by Crippen LogP contribution is 2.29. The van der Waals surface area contributed by atoms with Crippen molar-refractivity contribution in [1.82, 2.24) is 9.47 Å². The van der Waals surface area contributed by atoms with Gasteiger partial charge in [0.15, 0.2) is 0 Å². The van der Waals surface area contributed by atoms with Crippen molar-refractivity contribution in [3.05, 3.63) is 71.7 Å². The van der Waals surface area contributed by atoms with Crippen LogP contribution in [-0.4, -0.2) is 28.5 Å². The van der Waals surface area contributed by atoms with Crippen molar-refractivity contribution in [2.75, 3.05) is 13.1 Å². The molecule has 3 nitrogen and oxygen atoms in total. The van der Waals surface area contributed by atoms with Gasteiger partial charge in [0, 0.05) is 31.0 Å². The van der Waals surface area contributed by atoms with Crippen LogP contribution in [0.3, 0.4) is 0 Å². The van der Waals surface area contributed by atoms with Gasteiger partial charge in [-0.25, -0.2) is 4.39 Å². The molecule has 128 valence electrons. The first-order chi connectivity index (χ1) is 12.1. The smallest absolute Gasteiger partial charge is 0.270 e. The molecule has 0 atom stereocenters. The molecule has 1 aromatic heterocycles. The van der Waals surface area contributed by atoms with E-state index in [0.29, 0.717) is 11.6 Å². The summed E-state index contributed by atoms with van der Waals surface area (Å²) in [5, 5.41) is 0.769. The van der Waals surface area contributed by atoms with Gasteiger partial charge in [-0.15, -0.1) is 0 Å². The standard InChI is InChI=1S/C21H21FN2O/c1-23-19-8-7-18(22)13-17(19)14-20(23)21(25)24-11-9-16(10-12-24)15-5-3-2-4-6-15/h2-8,13-14,16H,9-12H2,1H3.